The monoisotopic (exact) mass is 708 g/mol. The van der Waals surface area contributed by atoms with E-state index < -0.39 is 29.7 Å². The van der Waals surface area contributed by atoms with Crippen LogP contribution in [0.1, 0.15) is 28.7 Å². The topological polar surface area (TPSA) is 207 Å². The van der Waals surface area contributed by atoms with E-state index in [9.17, 15) is 39.6 Å². The van der Waals surface area contributed by atoms with Crippen LogP contribution in [0, 0.1) is 20.2 Å². The van der Waals surface area contributed by atoms with Crippen molar-refractivity contribution in [2.45, 2.75) is 39.0 Å². The molecule has 1 atom stereocenters. The Kier molecular flexibility index (Phi) is 13.7. The maximum absolute atomic E-state index is 12.2. The van der Waals surface area contributed by atoms with Crippen molar-refractivity contribution in [2.75, 3.05) is 6.61 Å². The highest BCUT2D eigenvalue weighted by atomic mass is 31.2. The number of nitro benzene ring substituents is 2. The number of nitrogens with zero attached hydrogens (tertiary/aromatic N) is 2. The Labute approximate surface area is 286 Å². The first-order chi connectivity index (χ1) is 24.0. The molecule has 2 N–H and O–H groups in total. The van der Waals surface area contributed by atoms with Gasteiger partial charge in [-0.1, -0.05) is 60.7 Å². The molecule has 262 valence electrons. The Hall–Kier alpha value is -5.44. The molecule has 1 aliphatic rings. The number of ether oxygens (including phenoxy) is 3. The molecule has 0 saturated heterocycles. The molecule has 0 bridgehead atoms. The molecular weight excluding hydrogens is 675 g/mol. The van der Waals surface area contributed by atoms with E-state index in [0.717, 1.165) is 11.1 Å². The van der Waals surface area contributed by atoms with E-state index >= 15 is 0 Å². The van der Waals surface area contributed by atoms with Crippen molar-refractivity contribution >= 4 is 25.2 Å². The summed E-state index contributed by atoms with van der Waals surface area (Å²) >= 11 is 0. The molecule has 16 heteroatoms. The van der Waals surface area contributed by atoms with Gasteiger partial charge in [0.25, 0.3) is 11.4 Å². The fraction of sp³-hybridized carbons (Fsp3) is 0.206. The number of carbonyl (C=O) groups is 1. The molecule has 4 aromatic rings. The maximum Gasteiger partial charge on any atom is 0.472 e. The minimum atomic E-state index is -4.02. The summed E-state index contributed by atoms with van der Waals surface area (Å²) in [5.41, 5.74) is 2.72. The normalized spacial score (nSPS) is 14.0. The van der Waals surface area contributed by atoms with Gasteiger partial charge in [0, 0.05) is 37.3 Å². The van der Waals surface area contributed by atoms with Crippen molar-refractivity contribution in [3.63, 3.8) is 0 Å². The lowest BCUT2D eigenvalue weighted by Crippen LogP contribution is -2.15. The second-order valence-corrected chi connectivity index (χ2v) is 12.0. The quantitative estimate of drug-likeness (QED) is 0.0570. The molecule has 1 unspecified atom stereocenters. The molecule has 0 amide bonds. The molecule has 50 heavy (non-hydrogen) atoms. The van der Waals surface area contributed by atoms with Gasteiger partial charge in [0.1, 0.15) is 13.2 Å². The van der Waals surface area contributed by atoms with Crippen LogP contribution in [-0.2, 0) is 59.0 Å². The Morgan fingerprint density at radius 1 is 0.660 bits per heavy atom. The number of hydrogen-bond donors (Lipinski definition) is 2. The third-order valence-electron chi connectivity index (χ3n) is 6.89. The molecule has 4 aromatic carbocycles. The summed E-state index contributed by atoms with van der Waals surface area (Å²) in [7, 11) is -4.02. The molecular formula is C34H33N2O13P. The first kappa shape index (κ1) is 37.4. The largest absolute Gasteiger partial charge is 0.485 e. The van der Waals surface area contributed by atoms with Gasteiger partial charge in [-0.3, -0.25) is 29.3 Å². The molecule has 0 spiro atoms. The van der Waals surface area contributed by atoms with Crippen molar-refractivity contribution < 1.29 is 52.5 Å². The van der Waals surface area contributed by atoms with Gasteiger partial charge in [-0.25, -0.2) is 9.36 Å². The lowest BCUT2D eigenvalue weighted by atomic mass is 10.2. The summed E-state index contributed by atoms with van der Waals surface area (Å²) in [6, 6.07) is 29.7. The third kappa shape index (κ3) is 11.6. The van der Waals surface area contributed by atoms with Crippen LogP contribution < -0.4 is 0 Å². The van der Waals surface area contributed by atoms with Gasteiger partial charge >= 0.3 is 13.8 Å². The summed E-state index contributed by atoms with van der Waals surface area (Å²) in [6.07, 6.45) is -0.728. The SMILES string of the molecule is O=C1OC(CCO)C(OCc2ccc([N+](=O)[O-])cc2)=C1OCc1ccc([N+](=O)[O-])cc1.O=P(O)(OCc1ccccc1)OCc1ccccc1. The molecule has 5 rings (SSSR count). The number of carbonyl (C=O) groups excluding carboxylic acids is 1. The Morgan fingerprint density at radius 2 is 1.08 bits per heavy atom. The number of phosphoric acid groups is 1. The highest BCUT2D eigenvalue weighted by Gasteiger charge is 2.37. The van der Waals surface area contributed by atoms with Gasteiger partial charge in [0.05, 0.1) is 23.1 Å². The van der Waals surface area contributed by atoms with Gasteiger partial charge in [-0.15, -0.1) is 0 Å². The molecule has 0 aliphatic carbocycles. The fourth-order valence-electron chi connectivity index (χ4n) is 4.32. The summed E-state index contributed by atoms with van der Waals surface area (Å²) in [6.45, 7) is -0.222. The lowest BCUT2D eigenvalue weighted by molar-refractivity contribution is -0.385. The number of aliphatic hydroxyl groups is 1. The summed E-state index contributed by atoms with van der Waals surface area (Å²) in [4.78, 5) is 42.2. The van der Waals surface area contributed by atoms with Crippen LogP contribution in [0.3, 0.4) is 0 Å². The zero-order valence-corrected chi connectivity index (χ0v) is 27.3. The Balaban J connectivity index is 0.000000252. The van der Waals surface area contributed by atoms with Gasteiger partial charge in [-0.05, 0) is 46.5 Å². The molecule has 1 aliphatic heterocycles. The average Bonchev–Trinajstić information content (AvgIpc) is 3.42. The lowest BCUT2D eigenvalue weighted by Gasteiger charge is -2.14. The van der Waals surface area contributed by atoms with Crippen LogP contribution in [0.25, 0.3) is 0 Å². The van der Waals surface area contributed by atoms with Crippen molar-refractivity contribution in [1.82, 2.24) is 0 Å². The maximum atomic E-state index is 12.2. The van der Waals surface area contributed by atoms with Gasteiger partial charge < -0.3 is 24.2 Å². The summed E-state index contributed by atoms with van der Waals surface area (Å²) < 4.78 is 38.0. The van der Waals surface area contributed by atoms with Crippen LogP contribution in [-0.4, -0.2) is 38.5 Å². The zero-order chi connectivity index (χ0) is 35.9. The Morgan fingerprint density at radius 3 is 1.50 bits per heavy atom. The number of rotatable bonds is 16. The highest BCUT2D eigenvalue weighted by molar-refractivity contribution is 7.47. The molecule has 15 nitrogen and oxygen atoms in total. The average molecular weight is 709 g/mol. The molecule has 0 saturated carbocycles. The van der Waals surface area contributed by atoms with E-state index in [1.807, 2.05) is 60.7 Å². The van der Waals surface area contributed by atoms with E-state index in [4.69, 9.17) is 23.3 Å². The number of cyclic esters (lactones) is 1. The second kappa shape index (κ2) is 18.4. The highest BCUT2D eigenvalue weighted by Crippen LogP contribution is 2.44. The standard InChI is InChI=1S/C20H18N2O9.C14H15O4P/c23-10-9-17-18(29-11-13-1-5-15(6-2-13)21(25)26)19(20(24)31-17)30-12-14-3-7-16(8-4-14)22(27)28;15-19(16,17-11-13-7-3-1-4-8-13)18-12-14-9-5-2-6-10-14/h1-8,17,23H,9-12H2;1-10H,11-12H2,(H,15,16). The number of esters is 1. The third-order valence-corrected chi connectivity index (χ3v) is 7.80. The number of benzene rings is 4. The predicted molar refractivity (Wildman–Crippen MR) is 177 cm³/mol. The van der Waals surface area contributed by atoms with Crippen LogP contribution in [0.2, 0.25) is 0 Å². The minimum absolute atomic E-state index is 0.00368. The number of phosphoric ester groups is 1. The van der Waals surface area contributed by atoms with Crippen LogP contribution in [0.5, 0.6) is 0 Å². The van der Waals surface area contributed by atoms with E-state index in [0.29, 0.717) is 11.1 Å². The van der Waals surface area contributed by atoms with E-state index in [1.54, 1.807) is 0 Å². The Bertz CT molecular complexity index is 1760. The van der Waals surface area contributed by atoms with Gasteiger partial charge in [-0.2, -0.15) is 0 Å². The number of hydrogen-bond acceptors (Lipinski definition) is 12. The van der Waals surface area contributed by atoms with Crippen LogP contribution in [0.4, 0.5) is 11.4 Å². The van der Waals surface area contributed by atoms with Gasteiger partial charge in [0.15, 0.2) is 11.9 Å². The summed E-state index contributed by atoms with van der Waals surface area (Å²) in [5, 5.41) is 30.7. The second-order valence-electron chi connectivity index (χ2n) is 10.5. The molecule has 0 fully saturated rings. The van der Waals surface area contributed by atoms with Crippen LogP contribution in [0.15, 0.2) is 121 Å². The van der Waals surface area contributed by atoms with Crippen molar-refractivity contribution in [2.24, 2.45) is 0 Å². The predicted octanol–water partition coefficient (Wildman–Crippen LogP) is 6.28. The molecule has 0 aromatic heterocycles. The van der Waals surface area contributed by atoms with E-state index in [-0.39, 0.29) is 62.3 Å². The van der Waals surface area contributed by atoms with E-state index in [2.05, 4.69) is 0 Å². The number of nitro groups is 2. The van der Waals surface area contributed by atoms with Crippen LogP contribution >= 0.6 is 7.82 Å². The zero-order valence-electron chi connectivity index (χ0n) is 26.4. The van der Waals surface area contributed by atoms with Crippen molar-refractivity contribution in [3.8, 4) is 0 Å². The fourth-order valence-corrected chi connectivity index (χ4v) is 5.02. The smallest absolute Gasteiger partial charge is 0.472 e. The summed E-state index contributed by atoms with van der Waals surface area (Å²) in [5.74, 6) is -0.794. The molecule has 0 radical (unpaired) electrons. The number of non-ortho nitro benzene ring substituents is 2. The van der Waals surface area contributed by atoms with Gasteiger partial charge in [0.2, 0.25) is 5.76 Å². The van der Waals surface area contributed by atoms with E-state index in [1.165, 1.54) is 48.5 Å². The minimum Gasteiger partial charge on any atom is -0.485 e. The number of aliphatic hydroxyl groups excluding tert-OH is 1. The molecule has 1 heterocycles. The first-order valence-electron chi connectivity index (χ1n) is 15.0. The van der Waals surface area contributed by atoms with Crippen molar-refractivity contribution in [1.29, 1.82) is 0 Å². The van der Waals surface area contributed by atoms with Crippen molar-refractivity contribution in [3.05, 3.63) is 163 Å². The first-order valence-corrected chi connectivity index (χ1v) is 16.5.